The van der Waals surface area contributed by atoms with Gasteiger partial charge in [0.2, 0.25) is 0 Å². The van der Waals surface area contributed by atoms with E-state index in [0.29, 0.717) is 0 Å². The summed E-state index contributed by atoms with van der Waals surface area (Å²) in [4.78, 5) is 4.06. The normalized spacial score (nSPS) is 46.0. The van der Waals surface area contributed by atoms with Crippen molar-refractivity contribution in [3.05, 3.63) is 12.2 Å². The predicted molar refractivity (Wildman–Crippen MR) is 42.8 cm³/mol. The molecule has 2 unspecified atom stereocenters. The molecular formula is C7H13N3. The first-order valence-electron chi connectivity index (χ1n) is 3.26. The molecule has 4 N–H and O–H groups in total. The number of dihydropyridines is 1. The zero-order valence-corrected chi connectivity index (χ0v) is 6.33. The summed E-state index contributed by atoms with van der Waals surface area (Å²) in [7, 11) is 0. The van der Waals surface area contributed by atoms with E-state index in [9.17, 15) is 0 Å². The van der Waals surface area contributed by atoms with Crippen LogP contribution in [0.15, 0.2) is 17.1 Å². The van der Waals surface area contributed by atoms with E-state index in [-0.39, 0.29) is 0 Å². The lowest BCUT2D eigenvalue weighted by atomic mass is 9.87. The molecule has 3 nitrogen and oxygen atoms in total. The highest BCUT2D eigenvalue weighted by atomic mass is 15.1. The summed E-state index contributed by atoms with van der Waals surface area (Å²) in [6, 6.07) is 0. The van der Waals surface area contributed by atoms with E-state index in [1.165, 1.54) is 0 Å². The molecule has 2 atom stereocenters. The Kier molecular flexibility index (Phi) is 1.42. The van der Waals surface area contributed by atoms with Crippen LogP contribution in [0.4, 0.5) is 0 Å². The lowest BCUT2D eigenvalue weighted by molar-refractivity contribution is 0.329. The Bertz CT molecular complexity index is 167. The first-order valence-corrected chi connectivity index (χ1v) is 3.26. The highest BCUT2D eigenvalue weighted by Gasteiger charge is 2.36. The van der Waals surface area contributed by atoms with Crippen LogP contribution in [0, 0.1) is 0 Å². The number of allylic oxidation sites excluding steroid dienone is 1. The summed E-state index contributed by atoms with van der Waals surface area (Å²) < 4.78 is 0. The van der Waals surface area contributed by atoms with Gasteiger partial charge >= 0.3 is 0 Å². The van der Waals surface area contributed by atoms with Gasteiger partial charge in [0, 0.05) is 6.21 Å². The van der Waals surface area contributed by atoms with E-state index in [0.717, 1.165) is 0 Å². The van der Waals surface area contributed by atoms with Gasteiger partial charge in [0.05, 0.1) is 5.54 Å². The van der Waals surface area contributed by atoms with Crippen molar-refractivity contribution in [2.24, 2.45) is 16.5 Å². The SMILES string of the molecule is CC1(N)C=CC=NC1(C)N. The quantitative estimate of drug-likeness (QED) is 0.497. The van der Waals surface area contributed by atoms with E-state index in [1.807, 2.05) is 26.0 Å². The van der Waals surface area contributed by atoms with Crippen molar-refractivity contribution < 1.29 is 0 Å². The molecule has 0 aromatic heterocycles. The molecule has 0 fully saturated rings. The van der Waals surface area contributed by atoms with Crippen molar-refractivity contribution in [1.29, 1.82) is 0 Å². The van der Waals surface area contributed by atoms with Gasteiger partial charge in [0.15, 0.2) is 0 Å². The molecule has 1 heterocycles. The Morgan fingerprint density at radius 1 is 1.30 bits per heavy atom. The average molecular weight is 139 g/mol. The van der Waals surface area contributed by atoms with E-state index < -0.39 is 11.2 Å². The third-order valence-corrected chi connectivity index (χ3v) is 1.96. The summed E-state index contributed by atoms with van der Waals surface area (Å²) in [5.74, 6) is 0. The molecule has 0 aliphatic carbocycles. The average Bonchev–Trinajstić information content (AvgIpc) is 1.77. The molecule has 0 amide bonds. The minimum absolute atomic E-state index is 0.526. The smallest absolute Gasteiger partial charge is 0.126 e. The van der Waals surface area contributed by atoms with E-state index >= 15 is 0 Å². The second-order valence-electron chi connectivity index (χ2n) is 3.07. The third kappa shape index (κ3) is 0.978. The van der Waals surface area contributed by atoms with E-state index in [2.05, 4.69) is 4.99 Å². The van der Waals surface area contributed by atoms with Crippen LogP contribution in [0.1, 0.15) is 13.8 Å². The molecular weight excluding hydrogens is 126 g/mol. The zero-order chi connectivity index (χ0) is 7.83. The third-order valence-electron chi connectivity index (χ3n) is 1.96. The van der Waals surface area contributed by atoms with Gasteiger partial charge in [-0.15, -0.1) is 0 Å². The highest BCUT2D eigenvalue weighted by molar-refractivity contribution is 5.73. The number of nitrogens with two attached hydrogens (primary N) is 2. The van der Waals surface area contributed by atoms with Crippen LogP contribution in [-0.2, 0) is 0 Å². The van der Waals surface area contributed by atoms with Crippen molar-refractivity contribution in [3.63, 3.8) is 0 Å². The molecule has 0 radical (unpaired) electrons. The standard InChI is InChI=1S/C7H13N3/c1-6(8)4-3-5-10-7(6,2)9/h3-5H,8-9H2,1-2H3. The molecule has 3 heteroatoms. The minimum atomic E-state index is -0.665. The molecule has 1 rings (SSSR count). The Morgan fingerprint density at radius 3 is 2.20 bits per heavy atom. The maximum absolute atomic E-state index is 5.83. The fraction of sp³-hybridized carbons (Fsp3) is 0.571. The first-order chi connectivity index (χ1) is 4.46. The molecule has 0 spiro atoms. The molecule has 0 saturated heterocycles. The van der Waals surface area contributed by atoms with Gasteiger partial charge in [-0.05, 0) is 19.9 Å². The van der Waals surface area contributed by atoms with Crippen LogP contribution in [-0.4, -0.2) is 17.4 Å². The Hall–Kier alpha value is -0.670. The van der Waals surface area contributed by atoms with Crippen molar-refractivity contribution in [2.45, 2.75) is 25.0 Å². The second-order valence-corrected chi connectivity index (χ2v) is 3.07. The fourth-order valence-corrected chi connectivity index (χ4v) is 0.749. The van der Waals surface area contributed by atoms with Crippen LogP contribution in [0.2, 0.25) is 0 Å². The summed E-state index contributed by atoms with van der Waals surface area (Å²) >= 11 is 0. The molecule has 0 aromatic rings. The van der Waals surface area contributed by atoms with Gasteiger partial charge in [-0.25, -0.2) is 0 Å². The maximum Gasteiger partial charge on any atom is 0.126 e. The van der Waals surface area contributed by atoms with Crippen molar-refractivity contribution in [1.82, 2.24) is 0 Å². The summed E-state index contributed by atoms with van der Waals surface area (Å²) in [5.41, 5.74) is 10.4. The first kappa shape index (κ1) is 7.44. The number of nitrogens with zero attached hydrogens (tertiary/aromatic N) is 1. The lowest BCUT2D eigenvalue weighted by Crippen LogP contribution is -2.61. The van der Waals surface area contributed by atoms with Gasteiger partial charge in [-0.3, -0.25) is 4.99 Å². The number of aliphatic imine (C=N–C) groups is 1. The zero-order valence-electron chi connectivity index (χ0n) is 6.33. The molecule has 0 saturated carbocycles. The summed E-state index contributed by atoms with van der Waals surface area (Å²) in [6.45, 7) is 3.67. The van der Waals surface area contributed by atoms with Gasteiger partial charge in [-0.1, -0.05) is 6.08 Å². The predicted octanol–water partition coefficient (Wildman–Crippen LogP) is 0.0193. The monoisotopic (exact) mass is 139 g/mol. The fourth-order valence-electron chi connectivity index (χ4n) is 0.749. The van der Waals surface area contributed by atoms with E-state index in [1.54, 1.807) is 6.21 Å². The molecule has 1 aliphatic rings. The van der Waals surface area contributed by atoms with Crippen molar-refractivity contribution in [3.8, 4) is 0 Å². The van der Waals surface area contributed by atoms with Gasteiger partial charge in [0.25, 0.3) is 0 Å². The van der Waals surface area contributed by atoms with Crippen LogP contribution >= 0.6 is 0 Å². The Morgan fingerprint density at radius 2 is 1.90 bits per heavy atom. The highest BCUT2D eigenvalue weighted by Crippen LogP contribution is 2.21. The van der Waals surface area contributed by atoms with E-state index in [4.69, 9.17) is 11.5 Å². The summed E-state index contributed by atoms with van der Waals surface area (Å²) in [5, 5.41) is 0. The second kappa shape index (κ2) is 1.90. The Balaban J connectivity index is 2.96. The Labute approximate surface area is 60.8 Å². The largest absolute Gasteiger partial charge is 0.319 e. The molecule has 10 heavy (non-hydrogen) atoms. The number of hydrogen-bond acceptors (Lipinski definition) is 3. The number of rotatable bonds is 0. The molecule has 0 bridgehead atoms. The van der Waals surface area contributed by atoms with Gasteiger partial charge < -0.3 is 11.5 Å². The maximum atomic E-state index is 5.83. The van der Waals surface area contributed by atoms with Gasteiger partial charge in [0.1, 0.15) is 5.66 Å². The lowest BCUT2D eigenvalue weighted by Gasteiger charge is -2.36. The molecule has 56 valence electrons. The number of hydrogen-bond donors (Lipinski definition) is 2. The molecule has 1 aliphatic heterocycles. The molecule has 0 aromatic carbocycles. The summed E-state index contributed by atoms with van der Waals surface area (Å²) in [6.07, 6.45) is 5.35. The van der Waals surface area contributed by atoms with Crippen molar-refractivity contribution >= 4 is 6.21 Å². The van der Waals surface area contributed by atoms with Crippen LogP contribution < -0.4 is 11.5 Å². The van der Waals surface area contributed by atoms with Gasteiger partial charge in [-0.2, -0.15) is 0 Å². The van der Waals surface area contributed by atoms with Crippen LogP contribution in [0.25, 0.3) is 0 Å². The van der Waals surface area contributed by atoms with Crippen LogP contribution in [0.5, 0.6) is 0 Å². The van der Waals surface area contributed by atoms with Crippen LogP contribution in [0.3, 0.4) is 0 Å². The minimum Gasteiger partial charge on any atom is -0.319 e. The van der Waals surface area contributed by atoms with Crippen molar-refractivity contribution in [2.75, 3.05) is 0 Å². The topological polar surface area (TPSA) is 64.4 Å².